The molecule has 0 aromatic rings. The van der Waals surface area contributed by atoms with E-state index in [4.69, 9.17) is 10.5 Å². The van der Waals surface area contributed by atoms with Gasteiger partial charge in [0.25, 0.3) is 0 Å². The van der Waals surface area contributed by atoms with E-state index in [0.717, 1.165) is 19.6 Å². The summed E-state index contributed by atoms with van der Waals surface area (Å²) >= 11 is 0. The zero-order chi connectivity index (χ0) is 14.3. The van der Waals surface area contributed by atoms with Crippen molar-refractivity contribution in [1.29, 1.82) is 0 Å². The van der Waals surface area contributed by atoms with Crippen LogP contribution in [0.25, 0.3) is 0 Å². The number of hydrogen-bond donors (Lipinski definition) is 1. The molecule has 112 valence electrons. The molecule has 1 saturated heterocycles. The van der Waals surface area contributed by atoms with Crippen molar-refractivity contribution in [3.8, 4) is 0 Å². The molecule has 19 heavy (non-hydrogen) atoms. The van der Waals surface area contributed by atoms with Crippen LogP contribution < -0.4 is 5.73 Å². The highest BCUT2D eigenvalue weighted by Gasteiger charge is 2.58. The predicted molar refractivity (Wildman–Crippen MR) is 80.2 cm³/mol. The molecular formula is C16H32N2O. The van der Waals surface area contributed by atoms with Crippen LogP contribution in [0.2, 0.25) is 0 Å². The molecule has 0 radical (unpaired) electrons. The summed E-state index contributed by atoms with van der Waals surface area (Å²) in [6, 6.07) is 0. The van der Waals surface area contributed by atoms with E-state index in [-0.39, 0.29) is 11.0 Å². The van der Waals surface area contributed by atoms with Gasteiger partial charge in [0.2, 0.25) is 0 Å². The van der Waals surface area contributed by atoms with Crippen LogP contribution in [-0.4, -0.2) is 42.8 Å². The van der Waals surface area contributed by atoms with Crippen LogP contribution in [0.3, 0.4) is 0 Å². The summed E-state index contributed by atoms with van der Waals surface area (Å²) in [5, 5.41) is 0. The van der Waals surface area contributed by atoms with Gasteiger partial charge in [0.15, 0.2) is 0 Å². The van der Waals surface area contributed by atoms with Crippen molar-refractivity contribution >= 4 is 0 Å². The molecule has 2 rings (SSSR count). The van der Waals surface area contributed by atoms with Gasteiger partial charge in [-0.2, -0.15) is 0 Å². The van der Waals surface area contributed by atoms with E-state index in [1.54, 1.807) is 0 Å². The molecule has 3 heteroatoms. The van der Waals surface area contributed by atoms with Crippen LogP contribution >= 0.6 is 0 Å². The van der Waals surface area contributed by atoms with Crippen molar-refractivity contribution in [2.45, 2.75) is 65.5 Å². The third kappa shape index (κ3) is 2.84. The molecule has 2 unspecified atom stereocenters. The van der Waals surface area contributed by atoms with Crippen LogP contribution in [0.1, 0.15) is 53.9 Å². The van der Waals surface area contributed by atoms with Crippen molar-refractivity contribution in [2.75, 3.05) is 26.2 Å². The minimum Gasteiger partial charge on any atom is -0.378 e. The van der Waals surface area contributed by atoms with E-state index >= 15 is 0 Å². The number of likely N-dealkylation sites (tertiary alicyclic amines) is 1. The Balaban J connectivity index is 1.96. The van der Waals surface area contributed by atoms with Gasteiger partial charge in [-0.1, -0.05) is 27.7 Å². The van der Waals surface area contributed by atoms with E-state index in [2.05, 4.69) is 39.5 Å². The molecule has 0 amide bonds. The number of rotatable bonds is 4. The fourth-order valence-corrected chi connectivity index (χ4v) is 3.85. The zero-order valence-electron chi connectivity index (χ0n) is 13.5. The van der Waals surface area contributed by atoms with Crippen molar-refractivity contribution in [3.63, 3.8) is 0 Å². The Labute approximate surface area is 118 Å². The topological polar surface area (TPSA) is 38.5 Å². The van der Waals surface area contributed by atoms with Crippen LogP contribution in [0.15, 0.2) is 0 Å². The quantitative estimate of drug-likeness (QED) is 0.852. The van der Waals surface area contributed by atoms with Gasteiger partial charge in [-0.05, 0) is 38.1 Å². The Kier molecular flexibility index (Phi) is 4.03. The van der Waals surface area contributed by atoms with Gasteiger partial charge >= 0.3 is 0 Å². The Morgan fingerprint density at radius 3 is 2.47 bits per heavy atom. The predicted octanol–water partition coefficient (Wildman–Crippen LogP) is 2.64. The first-order valence-electron chi connectivity index (χ1n) is 7.83. The van der Waals surface area contributed by atoms with Crippen molar-refractivity contribution in [1.82, 2.24) is 4.90 Å². The molecule has 2 fully saturated rings. The molecule has 0 aromatic heterocycles. The first-order valence-corrected chi connectivity index (χ1v) is 7.83. The molecule has 2 aliphatic rings. The van der Waals surface area contributed by atoms with Crippen molar-refractivity contribution < 1.29 is 4.74 Å². The fraction of sp³-hybridized carbons (Fsp3) is 1.00. The van der Waals surface area contributed by atoms with E-state index < -0.39 is 0 Å². The number of piperidine rings is 1. The second-order valence-electron chi connectivity index (χ2n) is 8.00. The van der Waals surface area contributed by atoms with E-state index in [1.165, 1.54) is 25.9 Å². The summed E-state index contributed by atoms with van der Waals surface area (Å²) in [6.07, 6.45) is 3.98. The first-order chi connectivity index (χ1) is 8.70. The molecule has 2 N–H and O–H groups in total. The summed E-state index contributed by atoms with van der Waals surface area (Å²) in [5.74, 6) is 0. The van der Waals surface area contributed by atoms with E-state index in [9.17, 15) is 0 Å². The highest BCUT2D eigenvalue weighted by atomic mass is 16.5. The van der Waals surface area contributed by atoms with E-state index in [1.807, 2.05) is 0 Å². The zero-order valence-corrected chi connectivity index (χ0v) is 13.5. The molecule has 1 heterocycles. The summed E-state index contributed by atoms with van der Waals surface area (Å²) in [4.78, 5) is 2.58. The van der Waals surface area contributed by atoms with Gasteiger partial charge in [-0.3, -0.25) is 0 Å². The summed E-state index contributed by atoms with van der Waals surface area (Å²) < 4.78 is 5.82. The third-order valence-corrected chi connectivity index (χ3v) is 5.49. The van der Waals surface area contributed by atoms with Gasteiger partial charge in [0, 0.05) is 30.7 Å². The van der Waals surface area contributed by atoms with Crippen LogP contribution in [0.4, 0.5) is 0 Å². The summed E-state index contributed by atoms with van der Waals surface area (Å²) in [7, 11) is 0. The maximum Gasteiger partial charge on any atom is 0.0662 e. The average Bonchev–Trinajstić information content (AvgIpc) is 2.27. The monoisotopic (exact) mass is 268 g/mol. The van der Waals surface area contributed by atoms with Gasteiger partial charge in [0.05, 0.1) is 6.10 Å². The Morgan fingerprint density at radius 1 is 1.26 bits per heavy atom. The van der Waals surface area contributed by atoms with Crippen LogP contribution in [0.5, 0.6) is 0 Å². The average molecular weight is 268 g/mol. The molecule has 0 aromatic carbocycles. The van der Waals surface area contributed by atoms with E-state index in [0.29, 0.717) is 11.5 Å². The normalized spacial score (nSPS) is 37.9. The standard InChI is InChI=1S/C16H32N2O/c1-6-19-13-10-16(17,15(13,4)5)12-18-9-7-8-14(2,3)11-18/h13H,6-12,17H2,1-5H3. The number of nitrogens with two attached hydrogens (primary N) is 1. The smallest absolute Gasteiger partial charge is 0.0662 e. The SMILES string of the molecule is CCOC1CC(N)(CN2CCCC(C)(C)C2)C1(C)C. The van der Waals surface area contributed by atoms with Gasteiger partial charge in [-0.25, -0.2) is 0 Å². The minimum atomic E-state index is -0.0831. The lowest BCUT2D eigenvalue weighted by molar-refractivity contribution is -0.158. The Bertz CT molecular complexity index is 327. The molecule has 0 spiro atoms. The Hall–Kier alpha value is -0.120. The van der Waals surface area contributed by atoms with Crippen LogP contribution in [-0.2, 0) is 4.74 Å². The Morgan fingerprint density at radius 2 is 1.95 bits per heavy atom. The summed E-state index contributed by atoms with van der Waals surface area (Å²) in [6.45, 7) is 15.6. The largest absolute Gasteiger partial charge is 0.378 e. The first kappa shape index (κ1) is 15.3. The molecule has 3 nitrogen and oxygen atoms in total. The second kappa shape index (κ2) is 5.01. The van der Waals surface area contributed by atoms with Crippen LogP contribution in [0, 0.1) is 10.8 Å². The maximum absolute atomic E-state index is 6.70. The minimum absolute atomic E-state index is 0.0831. The lowest BCUT2D eigenvalue weighted by Gasteiger charge is -2.61. The van der Waals surface area contributed by atoms with Crippen molar-refractivity contribution in [3.05, 3.63) is 0 Å². The third-order valence-electron chi connectivity index (χ3n) is 5.49. The highest BCUT2D eigenvalue weighted by molar-refractivity contribution is 5.15. The van der Waals surface area contributed by atoms with Gasteiger partial charge < -0.3 is 15.4 Å². The summed E-state index contributed by atoms with van der Waals surface area (Å²) in [5.41, 5.74) is 7.15. The molecule has 0 bridgehead atoms. The number of nitrogens with zero attached hydrogens (tertiary/aromatic N) is 1. The lowest BCUT2D eigenvalue weighted by atomic mass is 9.54. The second-order valence-corrected chi connectivity index (χ2v) is 8.00. The fourth-order valence-electron chi connectivity index (χ4n) is 3.85. The molecular weight excluding hydrogens is 236 g/mol. The van der Waals surface area contributed by atoms with Crippen molar-refractivity contribution in [2.24, 2.45) is 16.6 Å². The number of hydrogen-bond acceptors (Lipinski definition) is 3. The molecule has 1 aliphatic heterocycles. The molecule has 1 saturated carbocycles. The lowest BCUT2D eigenvalue weighted by Crippen LogP contribution is -2.74. The van der Waals surface area contributed by atoms with Gasteiger partial charge in [-0.15, -0.1) is 0 Å². The highest BCUT2D eigenvalue weighted by Crippen LogP contribution is 2.50. The maximum atomic E-state index is 6.70. The molecule has 2 atom stereocenters. The number of ether oxygens (including phenoxy) is 1. The van der Waals surface area contributed by atoms with Gasteiger partial charge in [0.1, 0.15) is 0 Å². The molecule has 1 aliphatic carbocycles.